The second kappa shape index (κ2) is 6.83. The number of rotatable bonds is 6. The van der Waals surface area contributed by atoms with Crippen LogP contribution in [-0.2, 0) is 20.1 Å². The van der Waals surface area contributed by atoms with Gasteiger partial charge >= 0.3 is 0 Å². The molecule has 1 saturated heterocycles. The summed E-state index contributed by atoms with van der Waals surface area (Å²) in [6, 6.07) is 6.90. The molecule has 1 heterocycles. The van der Waals surface area contributed by atoms with E-state index in [1.807, 2.05) is 12.1 Å². The average Bonchev–Trinajstić information content (AvgIpc) is 2.92. The maximum atomic E-state index is 12.1. The van der Waals surface area contributed by atoms with Gasteiger partial charge in [0.25, 0.3) is 0 Å². The standard InChI is InChI=1S/C13H18BrNO3S/c14-9-11-1-3-13(4-2-11)19(16,17)15-7-5-12-6-8-18-10-12/h1-4,12,15H,5-10H2. The van der Waals surface area contributed by atoms with E-state index in [9.17, 15) is 8.42 Å². The van der Waals surface area contributed by atoms with Gasteiger partial charge in [0, 0.05) is 25.1 Å². The van der Waals surface area contributed by atoms with E-state index in [1.54, 1.807) is 12.1 Å². The predicted octanol–water partition coefficient (Wildman–Crippen LogP) is 2.29. The zero-order chi connectivity index (χ0) is 13.7. The fraction of sp³-hybridized carbons (Fsp3) is 0.538. The molecule has 1 aromatic carbocycles. The van der Waals surface area contributed by atoms with Gasteiger partial charge in [-0.2, -0.15) is 0 Å². The van der Waals surface area contributed by atoms with Crippen LogP contribution < -0.4 is 4.72 Å². The second-order valence-electron chi connectivity index (χ2n) is 4.69. The molecular formula is C13H18BrNO3S. The van der Waals surface area contributed by atoms with Crippen LogP contribution >= 0.6 is 15.9 Å². The number of ether oxygens (including phenoxy) is 1. The fourth-order valence-corrected chi connectivity index (χ4v) is 3.47. The highest BCUT2D eigenvalue weighted by molar-refractivity contribution is 9.08. The van der Waals surface area contributed by atoms with E-state index in [4.69, 9.17) is 4.74 Å². The van der Waals surface area contributed by atoms with Crippen LogP contribution in [0.1, 0.15) is 18.4 Å². The number of hydrogen-bond acceptors (Lipinski definition) is 3. The van der Waals surface area contributed by atoms with Crippen LogP contribution in [0.15, 0.2) is 29.2 Å². The van der Waals surface area contributed by atoms with Gasteiger partial charge in [-0.1, -0.05) is 28.1 Å². The van der Waals surface area contributed by atoms with E-state index in [0.29, 0.717) is 17.4 Å². The number of sulfonamides is 1. The molecule has 0 aromatic heterocycles. The lowest BCUT2D eigenvalue weighted by atomic mass is 10.1. The van der Waals surface area contributed by atoms with Crippen molar-refractivity contribution in [1.82, 2.24) is 4.72 Å². The third-order valence-electron chi connectivity index (χ3n) is 3.26. The molecule has 4 nitrogen and oxygen atoms in total. The summed E-state index contributed by atoms with van der Waals surface area (Å²) in [4.78, 5) is 0.319. The van der Waals surface area contributed by atoms with E-state index >= 15 is 0 Å². The summed E-state index contributed by atoms with van der Waals surface area (Å²) < 4.78 is 32.0. The van der Waals surface area contributed by atoms with Crippen molar-refractivity contribution in [3.05, 3.63) is 29.8 Å². The van der Waals surface area contributed by atoms with Crippen molar-refractivity contribution in [2.45, 2.75) is 23.1 Å². The lowest BCUT2D eigenvalue weighted by Crippen LogP contribution is -2.26. The van der Waals surface area contributed by atoms with Gasteiger partial charge in [-0.3, -0.25) is 0 Å². The average molecular weight is 348 g/mol. The Hall–Kier alpha value is -0.430. The summed E-state index contributed by atoms with van der Waals surface area (Å²) in [6.07, 6.45) is 1.86. The molecular weight excluding hydrogens is 330 g/mol. The van der Waals surface area contributed by atoms with Crippen LogP contribution in [0.3, 0.4) is 0 Å². The first-order chi connectivity index (χ1) is 9.12. The van der Waals surface area contributed by atoms with Crippen molar-refractivity contribution >= 4 is 26.0 Å². The van der Waals surface area contributed by atoms with Gasteiger partial charge in [-0.25, -0.2) is 13.1 Å². The van der Waals surface area contributed by atoms with Gasteiger partial charge < -0.3 is 4.74 Å². The summed E-state index contributed by atoms with van der Waals surface area (Å²) in [5, 5.41) is 0.725. The molecule has 1 atom stereocenters. The van der Waals surface area contributed by atoms with E-state index in [0.717, 1.165) is 36.9 Å². The normalized spacial score (nSPS) is 19.7. The lowest BCUT2D eigenvalue weighted by Gasteiger charge is -2.09. The number of hydrogen-bond donors (Lipinski definition) is 1. The van der Waals surface area contributed by atoms with Crippen molar-refractivity contribution in [2.75, 3.05) is 19.8 Å². The highest BCUT2D eigenvalue weighted by Crippen LogP contribution is 2.16. The molecule has 1 fully saturated rings. The van der Waals surface area contributed by atoms with Crippen LogP contribution in [0.4, 0.5) is 0 Å². The second-order valence-corrected chi connectivity index (χ2v) is 7.02. The van der Waals surface area contributed by atoms with Gasteiger partial charge in [-0.15, -0.1) is 0 Å². The van der Waals surface area contributed by atoms with Crippen molar-refractivity contribution in [1.29, 1.82) is 0 Å². The minimum Gasteiger partial charge on any atom is -0.381 e. The Kier molecular flexibility index (Phi) is 5.38. The van der Waals surface area contributed by atoms with Gasteiger partial charge in [0.15, 0.2) is 0 Å². The third kappa shape index (κ3) is 4.27. The SMILES string of the molecule is O=S(=O)(NCCC1CCOC1)c1ccc(CBr)cc1. The van der Waals surface area contributed by atoms with Gasteiger partial charge in [0.05, 0.1) is 4.90 Å². The Balaban J connectivity index is 1.89. The van der Waals surface area contributed by atoms with Gasteiger partial charge in [0.1, 0.15) is 0 Å². The van der Waals surface area contributed by atoms with Crippen molar-refractivity contribution in [3.8, 4) is 0 Å². The first kappa shape index (κ1) is 15.0. The first-order valence-electron chi connectivity index (χ1n) is 6.34. The molecule has 6 heteroatoms. The molecule has 106 valence electrons. The largest absolute Gasteiger partial charge is 0.381 e. The number of nitrogens with one attached hydrogen (secondary N) is 1. The minimum absolute atomic E-state index is 0.319. The molecule has 0 bridgehead atoms. The Morgan fingerprint density at radius 3 is 2.63 bits per heavy atom. The molecule has 0 aliphatic carbocycles. The summed E-state index contributed by atoms with van der Waals surface area (Å²) in [5.74, 6) is 0.485. The van der Waals surface area contributed by atoms with Crippen LogP contribution in [-0.4, -0.2) is 28.2 Å². The quantitative estimate of drug-likeness (QED) is 0.803. The zero-order valence-electron chi connectivity index (χ0n) is 10.6. The Morgan fingerprint density at radius 1 is 1.32 bits per heavy atom. The van der Waals surface area contributed by atoms with Crippen LogP contribution in [0, 0.1) is 5.92 Å². The summed E-state index contributed by atoms with van der Waals surface area (Å²) in [6.45, 7) is 2.02. The van der Waals surface area contributed by atoms with E-state index in [2.05, 4.69) is 20.7 Å². The lowest BCUT2D eigenvalue weighted by molar-refractivity contribution is 0.184. The molecule has 1 unspecified atom stereocenters. The van der Waals surface area contributed by atoms with Crippen molar-refractivity contribution in [2.24, 2.45) is 5.92 Å². The Labute approximate surface area is 122 Å². The maximum Gasteiger partial charge on any atom is 0.240 e. The van der Waals surface area contributed by atoms with Crippen molar-refractivity contribution in [3.63, 3.8) is 0 Å². The molecule has 2 rings (SSSR count). The van der Waals surface area contributed by atoms with Crippen LogP contribution in [0.2, 0.25) is 0 Å². The Bertz CT molecular complexity index is 495. The Morgan fingerprint density at radius 2 is 2.05 bits per heavy atom. The molecule has 1 N–H and O–H groups in total. The molecule has 19 heavy (non-hydrogen) atoms. The number of halogens is 1. The summed E-state index contributed by atoms with van der Waals surface area (Å²) in [5.41, 5.74) is 1.06. The van der Waals surface area contributed by atoms with E-state index in [-0.39, 0.29) is 0 Å². The highest BCUT2D eigenvalue weighted by Gasteiger charge is 2.18. The highest BCUT2D eigenvalue weighted by atomic mass is 79.9. The number of benzene rings is 1. The summed E-state index contributed by atoms with van der Waals surface area (Å²) >= 11 is 3.34. The third-order valence-corrected chi connectivity index (χ3v) is 5.38. The van der Waals surface area contributed by atoms with Crippen molar-refractivity contribution < 1.29 is 13.2 Å². The van der Waals surface area contributed by atoms with Gasteiger partial charge in [0.2, 0.25) is 10.0 Å². The monoisotopic (exact) mass is 347 g/mol. The number of alkyl halides is 1. The topological polar surface area (TPSA) is 55.4 Å². The molecule has 1 aromatic rings. The molecule has 0 amide bonds. The molecule has 0 saturated carbocycles. The molecule has 1 aliphatic rings. The van der Waals surface area contributed by atoms with Gasteiger partial charge in [-0.05, 0) is 36.5 Å². The maximum absolute atomic E-state index is 12.1. The van der Waals surface area contributed by atoms with E-state index in [1.165, 1.54) is 0 Å². The zero-order valence-corrected chi connectivity index (χ0v) is 13.0. The molecule has 1 aliphatic heterocycles. The van der Waals surface area contributed by atoms with Crippen LogP contribution in [0.25, 0.3) is 0 Å². The predicted molar refractivity (Wildman–Crippen MR) is 77.8 cm³/mol. The smallest absolute Gasteiger partial charge is 0.240 e. The fourth-order valence-electron chi connectivity index (χ4n) is 2.05. The van der Waals surface area contributed by atoms with E-state index < -0.39 is 10.0 Å². The molecule has 0 radical (unpaired) electrons. The molecule has 0 spiro atoms. The minimum atomic E-state index is -3.38. The first-order valence-corrected chi connectivity index (χ1v) is 8.94. The summed E-state index contributed by atoms with van der Waals surface area (Å²) in [7, 11) is -3.38. The van der Waals surface area contributed by atoms with Crippen LogP contribution in [0.5, 0.6) is 0 Å².